The van der Waals surface area contributed by atoms with E-state index in [0.29, 0.717) is 5.56 Å². The van der Waals surface area contributed by atoms with Gasteiger partial charge in [0.15, 0.2) is 11.3 Å². The fourth-order valence-corrected chi connectivity index (χ4v) is 1.95. The summed E-state index contributed by atoms with van der Waals surface area (Å²) in [5.74, 6) is -2.63. The monoisotopic (exact) mass is 275 g/mol. The topological polar surface area (TPSA) is 67.5 Å². The summed E-state index contributed by atoms with van der Waals surface area (Å²) >= 11 is 0. The maximum atomic E-state index is 13.8. The van der Waals surface area contributed by atoms with Crippen molar-refractivity contribution in [2.24, 2.45) is 0 Å². The molecule has 3 rings (SSSR count). The Labute approximate surface area is 111 Å². The number of aromatic carboxylic acids is 1. The van der Waals surface area contributed by atoms with Gasteiger partial charge in [0.1, 0.15) is 11.6 Å². The van der Waals surface area contributed by atoms with E-state index in [2.05, 4.69) is 10.1 Å². The van der Waals surface area contributed by atoms with E-state index in [1.807, 2.05) is 0 Å². The molecule has 0 saturated heterocycles. The van der Waals surface area contributed by atoms with Crippen molar-refractivity contribution in [3.05, 3.63) is 54.0 Å². The van der Waals surface area contributed by atoms with Crippen LogP contribution in [0, 0.1) is 11.6 Å². The number of hydrogen-bond acceptors (Lipinski definition) is 3. The largest absolute Gasteiger partial charge is 0.477 e. The van der Waals surface area contributed by atoms with Crippen molar-refractivity contribution in [2.45, 2.75) is 0 Å². The van der Waals surface area contributed by atoms with Crippen LogP contribution in [0.1, 0.15) is 10.5 Å². The summed E-state index contributed by atoms with van der Waals surface area (Å²) < 4.78 is 27.8. The maximum Gasteiger partial charge on any atom is 0.354 e. The standard InChI is InChI=1S/C13H7F2N3O2/c14-7-1-2-8(10(15)5-7)9-6-17-18-11(13(19)20)3-4-16-12(9)18/h1-6H,(H,19,20). The van der Waals surface area contributed by atoms with Gasteiger partial charge in [-0.3, -0.25) is 0 Å². The molecule has 1 aromatic carbocycles. The van der Waals surface area contributed by atoms with Crippen LogP contribution in [0.4, 0.5) is 8.78 Å². The molecule has 0 aliphatic rings. The van der Waals surface area contributed by atoms with E-state index in [0.717, 1.165) is 16.6 Å². The zero-order valence-corrected chi connectivity index (χ0v) is 9.92. The average molecular weight is 275 g/mol. The van der Waals surface area contributed by atoms with Crippen molar-refractivity contribution < 1.29 is 18.7 Å². The summed E-state index contributed by atoms with van der Waals surface area (Å²) in [4.78, 5) is 15.1. The molecule has 0 spiro atoms. The Hall–Kier alpha value is -2.83. The molecule has 100 valence electrons. The van der Waals surface area contributed by atoms with E-state index in [1.165, 1.54) is 24.5 Å². The van der Waals surface area contributed by atoms with Gasteiger partial charge in [0.05, 0.1) is 6.20 Å². The van der Waals surface area contributed by atoms with Crippen molar-refractivity contribution >= 4 is 11.6 Å². The molecular weight excluding hydrogens is 268 g/mol. The van der Waals surface area contributed by atoms with Gasteiger partial charge in [0, 0.05) is 23.4 Å². The lowest BCUT2D eigenvalue weighted by Crippen LogP contribution is -2.06. The number of halogens is 2. The van der Waals surface area contributed by atoms with Crippen LogP contribution in [0.25, 0.3) is 16.8 Å². The van der Waals surface area contributed by atoms with Gasteiger partial charge in [-0.15, -0.1) is 0 Å². The Kier molecular flexibility index (Phi) is 2.67. The highest BCUT2D eigenvalue weighted by atomic mass is 19.1. The smallest absolute Gasteiger partial charge is 0.354 e. The lowest BCUT2D eigenvalue weighted by atomic mass is 10.1. The van der Waals surface area contributed by atoms with Crippen molar-refractivity contribution in [1.29, 1.82) is 0 Å². The van der Waals surface area contributed by atoms with Gasteiger partial charge in [-0.05, 0) is 18.2 Å². The van der Waals surface area contributed by atoms with E-state index < -0.39 is 17.6 Å². The maximum absolute atomic E-state index is 13.8. The first-order chi connectivity index (χ1) is 9.58. The van der Waals surface area contributed by atoms with Gasteiger partial charge in [-0.25, -0.2) is 23.1 Å². The van der Waals surface area contributed by atoms with Gasteiger partial charge < -0.3 is 5.11 Å². The second-order valence-electron chi connectivity index (χ2n) is 4.05. The molecule has 20 heavy (non-hydrogen) atoms. The Balaban J connectivity index is 2.28. The van der Waals surface area contributed by atoms with Crippen molar-refractivity contribution in [3.8, 4) is 11.1 Å². The van der Waals surface area contributed by atoms with Crippen LogP contribution in [0.5, 0.6) is 0 Å². The van der Waals surface area contributed by atoms with Gasteiger partial charge in [0.25, 0.3) is 0 Å². The van der Waals surface area contributed by atoms with Crippen molar-refractivity contribution in [1.82, 2.24) is 14.6 Å². The molecule has 2 aromatic heterocycles. The minimum Gasteiger partial charge on any atom is -0.477 e. The number of carbonyl (C=O) groups is 1. The molecule has 0 unspecified atom stereocenters. The number of aromatic nitrogens is 3. The molecule has 2 heterocycles. The molecule has 0 radical (unpaired) electrons. The molecule has 0 bridgehead atoms. The quantitative estimate of drug-likeness (QED) is 0.779. The van der Waals surface area contributed by atoms with Gasteiger partial charge >= 0.3 is 5.97 Å². The Morgan fingerprint density at radius 3 is 2.70 bits per heavy atom. The summed E-state index contributed by atoms with van der Waals surface area (Å²) in [5, 5.41) is 12.9. The predicted molar refractivity (Wildman–Crippen MR) is 65.3 cm³/mol. The van der Waals surface area contributed by atoms with E-state index in [9.17, 15) is 13.6 Å². The normalized spacial score (nSPS) is 10.9. The van der Waals surface area contributed by atoms with Crippen LogP contribution in [-0.2, 0) is 0 Å². The minimum absolute atomic E-state index is 0.0937. The van der Waals surface area contributed by atoms with Crippen LogP contribution >= 0.6 is 0 Å². The van der Waals surface area contributed by atoms with E-state index in [4.69, 9.17) is 5.11 Å². The van der Waals surface area contributed by atoms with E-state index in [-0.39, 0.29) is 16.9 Å². The third-order valence-corrected chi connectivity index (χ3v) is 2.84. The van der Waals surface area contributed by atoms with Crippen LogP contribution in [0.3, 0.4) is 0 Å². The number of fused-ring (bicyclic) bond motifs is 1. The third-order valence-electron chi connectivity index (χ3n) is 2.84. The highest BCUT2D eigenvalue weighted by Crippen LogP contribution is 2.26. The number of nitrogens with zero attached hydrogens (tertiary/aromatic N) is 3. The zero-order valence-electron chi connectivity index (χ0n) is 9.92. The molecule has 5 nitrogen and oxygen atoms in total. The molecule has 3 aromatic rings. The molecule has 7 heteroatoms. The molecule has 0 fully saturated rings. The zero-order chi connectivity index (χ0) is 14.3. The molecule has 0 amide bonds. The third kappa shape index (κ3) is 1.80. The highest BCUT2D eigenvalue weighted by Gasteiger charge is 2.16. The SMILES string of the molecule is O=C(O)c1ccnc2c(-c3ccc(F)cc3F)cnn12. The van der Waals surface area contributed by atoms with Gasteiger partial charge in [0.2, 0.25) is 0 Å². The number of benzene rings is 1. The highest BCUT2D eigenvalue weighted by molar-refractivity contribution is 5.88. The fraction of sp³-hybridized carbons (Fsp3) is 0. The molecular formula is C13H7F2N3O2. The van der Waals surface area contributed by atoms with E-state index in [1.54, 1.807) is 0 Å². The first kappa shape index (κ1) is 12.2. The fourth-order valence-electron chi connectivity index (χ4n) is 1.95. The van der Waals surface area contributed by atoms with Crippen LogP contribution < -0.4 is 0 Å². The minimum atomic E-state index is -1.17. The molecule has 1 N–H and O–H groups in total. The van der Waals surface area contributed by atoms with Crippen LogP contribution in [0.2, 0.25) is 0 Å². The van der Waals surface area contributed by atoms with Crippen molar-refractivity contribution in [3.63, 3.8) is 0 Å². The summed E-state index contributed by atoms with van der Waals surface area (Å²) in [5.41, 5.74) is 0.501. The number of carboxylic acids is 1. The Morgan fingerprint density at radius 2 is 2.00 bits per heavy atom. The van der Waals surface area contributed by atoms with Crippen molar-refractivity contribution in [2.75, 3.05) is 0 Å². The van der Waals surface area contributed by atoms with Gasteiger partial charge in [-0.1, -0.05) is 0 Å². The summed E-state index contributed by atoms with van der Waals surface area (Å²) in [6, 6.07) is 4.41. The molecule has 0 aliphatic heterocycles. The summed E-state index contributed by atoms with van der Waals surface area (Å²) in [6.07, 6.45) is 2.59. The first-order valence-electron chi connectivity index (χ1n) is 5.59. The lowest BCUT2D eigenvalue weighted by molar-refractivity contribution is 0.0687. The van der Waals surface area contributed by atoms with Crippen LogP contribution in [-0.4, -0.2) is 25.7 Å². The van der Waals surface area contributed by atoms with Crippen LogP contribution in [0.15, 0.2) is 36.7 Å². The second-order valence-corrected chi connectivity index (χ2v) is 4.05. The molecule has 0 saturated carbocycles. The Morgan fingerprint density at radius 1 is 1.20 bits per heavy atom. The summed E-state index contributed by atoms with van der Waals surface area (Å²) in [7, 11) is 0. The van der Waals surface area contributed by atoms with Gasteiger partial charge in [-0.2, -0.15) is 5.10 Å². The first-order valence-corrected chi connectivity index (χ1v) is 5.59. The number of hydrogen-bond donors (Lipinski definition) is 1. The molecule has 0 atom stereocenters. The summed E-state index contributed by atoms with van der Waals surface area (Å²) in [6.45, 7) is 0. The lowest BCUT2D eigenvalue weighted by Gasteiger charge is -2.02. The number of rotatable bonds is 2. The second kappa shape index (κ2) is 4.37. The Bertz CT molecular complexity index is 830. The van der Waals surface area contributed by atoms with E-state index >= 15 is 0 Å². The number of carboxylic acid groups (broad SMARTS) is 1. The molecule has 0 aliphatic carbocycles. The predicted octanol–water partition coefficient (Wildman–Crippen LogP) is 2.37. The average Bonchev–Trinajstić information content (AvgIpc) is 2.82.